The van der Waals surface area contributed by atoms with Crippen LogP contribution in [0.5, 0.6) is 0 Å². The molecule has 8 heteroatoms. The summed E-state index contributed by atoms with van der Waals surface area (Å²) in [5.74, 6) is -0.578. The molecule has 138 valence electrons. The molecule has 0 aliphatic carbocycles. The van der Waals surface area contributed by atoms with Gasteiger partial charge in [-0.2, -0.15) is 0 Å². The van der Waals surface area contributed by atoms with Gasteiger partial charge in [-0.25, -0.2) is 0 Å². The zero-order valence-corrected chi connectivity index (χ0v) is 15.8. The number of halogens is 1. The lowest BCUT2D eigenvalue weighted by Gasteiger charge is -2.11. The molecule has 1 aromatic heterocycles. The molecule has 0 atom stereocenters. The molecule has 0 unspecified atom stereocenters. The van der Waals surface area contributed by atoms with Gasteiger partial charge in [0.2, 0.25) is 5.91 Å². The van der Waals surface area contributed by atoms with Gasteiger partial charge in [0.15, 0.2) is 5.11 Å². The van der Waals surface area contributed by atoms with E-state index in [1.54, 1.807) is 24.3 Å². The molecule has 3 rings (SSSR count). The van der Waals surface area contributed by atoms with Crippen LogP contribution in [-0.4, -0.2) is 21.5 Å². The zero-order valence-electron chi connectivity index (χ0n) is 14.2. The number of hydrogen-bond donors (Lipinski definition) is 3. The van der Waals surface area contributed by atoms with Crippen LogP contribution >= 0.6 is 23.8 Å². The average molecular weight is 401 g/mol. The number of fused-ring (bicyclic) bond motifs is 1. The van der Waals surface area contributed by atoms with E-state index in [4.69, 9.17) is 23.8 Å². The highest BCUT2D eigenvalue weighted by Crippen LogP contribution is 2.14. The second kappa shape index (κ2) is 8.66. The standard InChI is InChI=1S/C19H17ClN4O2S/c20-15-7-5-13(6-8-15)11-17(25)21-19(27)23-22-18(26)12-24-10-9-14-3-1-2-4-16(14)24/h1-10H,11-12H2,(H,22,26)(H2,21,23,25,27). The van der Waals surface area contributed by atoms with Crippen LogP contribution in [0.3, 0.4) is 0 Å². The zero-order chi connectivity index (χ0) is 19.2. The number of hydrogen-bond acceptors (Lipinski definition) is 3. The van der Waals surface area contributed by atoms with Gasteiger partial charge in [0.25, 0.3) is 5.91 Å². The second-order valence-corrected chi connectivity index (χ2v) is 6.70. The van der Waals surface area contributed by atoms with Crippen LogP contribution in [0.4, 0.5) is 0 Å². The fourth-order valence-electron chi connectivity index (χ4n) is 2.59. The Kier molecular flexibility index (Phi) is 6.05. The molecule has 27 heavy (non-hydrogen) atoms. The van der Waals surface area contributed by atoms with Crippen molar-refractivity contribution >= 4 is 51.6 Å². The molecule has 1 heterocycles. The summed E-state index contributed by atoms with van der Waals surface area (Å²) in [7, 11) is 0. The molecule has 0 saturated heterocycles. The molecular weight excluding hydrogens is 384 g/mol. The molecule has 3 N–H and O–H groups in total. The van der Waals surface area contributed by atoms with E-state index in [1.165, 1.54) is 0 Å². The SMILES string of the molecule is O=C(Cn1ccc2ccccc21)NNC(=S)NC(=O)Cc1ccc(Cl)cc1. The maximum Gasteiger partial charge on any atom is 0.258 e. The first kappa shape index (κ1) is 18.9. The highest BCUT2D eigenvalue weighted by Gasteiger charge is 2.09. The first-order valence-corrected chi connectivity index (χ1v) is 8.97. The Morgan fingerprint density at radius 2 is 1.70 bits per heavy atom. The molecule has 0 bridgehead atoms. The van der Waals surface area contributed by atoms with Crippen LogP contribution in [0.15, 0.2) is 60.8 Å². The molecule has 6 nitrogen and oxygen atoms in total. The predicted octanol–water partition coefficient (Wildman–Crippen LogP) is 2.56. The first-order chi connectivity index (χ1) is 13.0. The Bertz CT molecular complexity index is 985. The van der Waals surface area contributed by atoms with Gasteiger partial charge in [0.05, 0.1) is 6.42 Å². The minimum absolute atomic E-state index is 0.0275. The van der Waals surface area contributed by atoms with Gasteiger partial charge >= 0.3 is 0 Å². The largest absolute Gasteiger partial charge is 0.338 e. The maximum absolute atomic E-state index is 12.1. The van der Waals surface area contributed by atoms with Crippen molar-refractivity contribution in [2.45, 2.75) is 13.0 Å². The Labute approximate surface area is 166 Å². The molecular formula is C19H17ClN4O2S. The quantitative estimate of drug-likeness (QED) is 0.465. The number of thiocarbonyl (C=S) groups is 1. The van der Waals surface area contributed by atoms with Gasteiger partial charge in [-0.3, -0.25) is 20.4 Å². The summed E-state index contributed by atoms with van der Waals surface area (Å²) >= 11 is 10.8. The number of amides is 2. The second-order valence-electron chi connectivity index (χ2n) is 5.86. The normalized spacial score (nSPS) is 10.4. The number of hydrazine groups is 1. The molecule has 2 aromatic carbocycles. The third-order valence-corrected chi connectivity index (χ3v) is 4.30. The number of carbonyl (C=O) groups is 2. The van der Waals surface area contributed by atoms with E-state index >= 15 is 0 Å². The van der Waals surface area contributed by atoms with Gasteiger partial charge in [-0.05, 0) is 47.4 Å². The van der Waals surface area contributed by atoms with Crippen LogP contribution in [0, 0.1) is 0 Å². The lowest BCUT2D eigenvalue weighted by Crippen LogP contribution is -2.49. The van der Waals surface area contributed by atoms with E-state index in [0.717, 1.165) is 16.5 Å². The average Bonchev–Trinajstić information content (AvgIpc) is 3.05. The van der Waals surface area contributed by atoms with Crippen molar-refractivity contribution in [3.05, 3.63) is 71.4 Å². The summed E-state index contributed by atoms with van der Waals surface area (Å²) in [6.07, 6.45) is 2.00. The van der Waals surface area contributed by atoms with Crippen molar-refractivity contribution in [1.29, 1.82) is 0 Å². The third-order valence-electron chi connectivity index (χ3n) is 3.84. The van der Waals surface area contributed by atoms with Crippen molar-refractivity contribution in [2.24, 2.45) is 0 Å². The van der Waals surface area contributed by atoms with E-state index in [2.05, 4.69) is 16.2 Å². The number of para-hydroxylation sites is 1. The molecule has 2 amide bonds. The Balaban J connectivity index is 1.45. The molecule has 0 radical (unpaired) electrons. The molecule has 0 fully saturated rings. The lowest BCUT2D eigenvalue weighted by molar-refractivity contribution is -0.122. The summed E-state index contributed by atoms with van der Waals surface area (Å²) in [4.78, 5) is 24.1. The summed E-state index contributed by atoms with van der Waals surface area (Å²) in [5, 5.41) is 4.21. The maximum atomic E-state index is 12.1. The summed E-state index contributed by atoms with van der Waals surface area (Å²) in [6.45, 7) is 0.127. The van der Waals surface area contributed by atoms with Crippen LogP contribution in [-0.2, 0) is 22.6 Å². The van der Waals surface area contributed by atoms with Gasteiger partial charge in [-0.1, -0.05) is 41.9 Å². The van der Waals surface area contributed by atoms with Crippen LogP contribution in [0.2, 0.25) is 5.02 Å². The highest BCUT2D eigenvalue weighted by molar-refractivity contribution is 7.80. The summed E-state index contributed by atoms with van der Waals surface area (Å²) < 4.78 is 1.83. The molecule has 0 aliphatic rings. The topological polar surface area (TPSA) is 75.2 Å². The smallest absolute Gasteiger partial charge is 0.258 e. The number of nitrogens with zero attached hydrogens (tertiary/aromatic N) is 1. The molecule has 3 aromatic rings. The third kappa shape index (κ3) is 5.29. The molecule has 0 saturated carbocycles. The number of benzene rings is 2. The summed E-state index contributed by atoms with van der Waals surface area (Å²) in [6, 6.07) is 16.7. The van der Waals surface area contributed by atoms with Crippen LogP contribution in [0.1, 0.15) is 5.56 Å². The van der Waals surface area contributed by atoms with Gasteiger partial charge in [0.1, 0.15) is 6.54 Å². The molecule has 0 spiro atoms. The predicted molar refractivity (Wildman–Crippen MR) is 109 cm³/mol. The van der Waals surface area contributed by atoms with Crippen molar-refractivity contribution in [3.8, 4) is 0 Å². The van der Waals surface area contributed by atoms with Crippen LogP contribution in [0.25, 0.3) is 10.9 Å². The Morgan fingerprint density at radius 1 is 0.963 bits per heavy atom. The van der Waals surface area contributed by atoms with Gasteiger partial charge in [0, 0.05) is 16.7 Å². The van der Waals surface area contributed by atoms with E-state index < -0.39 is 0 Å². The number of rotatable bonds is 4. The molecule has 0 aliphatic heterocycles. The highest BCUT2D eigenvalue weighted by atomic mass is 35.5. The number of aromatic nitrogens is 1. The van der Waals surface area contributed by atoms with Crippen molar-refractivity contribution in [2.75, 3.05) is 0 Å². The van der Waals surface area contributed by atoms with Crippen molar-refractivity contribution in [1.82, 2.24) is 20.7 Å². The van der Waals surface area contributed by atoms with E-state index in [9.17, 15) is 9.59 Å². The first-order valence-electron chi connectivity index (χ1n) is 8.18. The van der Waals surface area contributed by atoms with Crippen molar-refractivity contribution in [3.63, 3.8) is 0 Å². The minimum atomic E-state index is -0.291. The fourth-order valence-corrected chi connectivity index (χ4v) is 2.88. The van der Waals surface area contributed by atoms with E-state index in [0.29, 0.717) is 5.02 Å². The number of carbonyl (C=O) groups excluding carboxylic acids is 2. The van der Waals surface area contributed by atoms with Gasteiger partial charge in [-0.15, -0.1) is 0 Å². The minimum Gasteiger partial charge on any atom is -0.338 e. The van der Waals surface area contributed by atoms with E-state index in [1.807, 2.05) is 41.1 Å². The monoisotopic (exact) mass is 400 g/mol. The Hall–Kier alpha value is -2.90. The number of nitrogens with one attached hydrogen (secondary N) is 3. The van der Waals surface area contributed by atoms with Gasteiger partial charge < -0.3 is 9.88 Å². The van der Waals surface area contributed by atoms with E-state index in [-0.39, 0.29) is 29.9 Å². The summed E-state index contributed by atoms with van der Waals surface area (Å²) in [5.41, 5.74) is 6.79. The fraction of sp³-hybridized carbons (Fsp3) is 0.105. The van der Waals surface area contributed by atoms with Crippen molar-refractivity contribution < 1.29 is 9.59 Å². The lowest BCUT2D eigenvalue weighted by atomic mass is 10.1. The Morgan fingerprint density at radius 3 is 2.48 bits per heavy atom. The van der Waals surface area contributed by atoms with Crippen LogP contribution < -0.4 is 16.2 Å².